The van der Waals surface area contributed by atoms with Crippen molar-refractivity contribution in [3.8, 4) is 0 Å². The van der Waals surface area contributed by atoms with Crippen molar-refractivity contribution in [3.63, 3.8) is 0 Å². The first kappa shape index (κ1) is 10.7. The zero-order chi connectivity index (χ0) is 10.3. The minimum Gasteiger partial charge on any atom is -0.351 e. The second kappa shape index (κ2) is 3.09. The summed E-state index contributed by atoms with van der Waals surface area (Å²) in [5, 5.41) is 0. The highest BCUT2D eigenvalue weighted by Crippen LogP contribution is 2.55. The van der Waals surface area contributed by atoms with Gasteiger partial charge in [0.2, 0.25) is 0 Å². The molecule has 1 aliphatic rings. The lowest BCUT2D eigenvalue weighted by Gasteiger charge is -2.38. The van der Waals surface area contributed by atoms with Crippen LogP contribution in [0.15, 0.2) is 0 Å². The molecule has 1 aliphatic carbocycles. The van der Waals surface area contributed by atoms with Gasteiger partial charge in [-0.05, 0) is 24.2 Å². The maximum atomic E-state index is 11.8. The van der Waals surface area contributed by atoms with E-state index in [0.717, 1.165) is 6.42 Å². The first-order valence-corrected chi connectivity index (χ1v) is 5.19. The molecule has 13 heavy (non-hydrogen) atoms. The fourth-order valence-corrected chi connectivity index (χ4v) is 2.51. The number of carbonyl (C=O) groups is 1. The summed E-state index contributed by atoms with van der Waals surface area (Å²) >= 11 is 0. The monoisotopic (exact) mass is 184 g/mol. The van der Waals surface area contributed by atoms with Crippen LogP contribution in [0.4, 0.5) is 0 Å². The lowest BCUT2D eigenvalue weighted by Crippen LogP contribution is -2.59. The van der Waals surface area contributed by atoms with E-state index in [4.69, 9.17) is 0 Å². The van der Waals surface area contributed by atoms with Gasteiger partial charge in [-0.15, -0.1) is 0 Å². The zero-order valence-corrected chi connectivity index (χ0v) is 9.31. The lowest BCUT2D eigenvalue weighted by molar-refractivity contribution is -0.357. The van der Waals surface area contributed by atoms with Crippen molar-refractivity contribution in [1.29, 1.82) is 0 Å². The van der Waals surface area contributed by atoms with Gasteiger partial charge in [-0.3, -0.25) is 4.79 Å². The summed E-state index contributed by atoms with van der Waals surface area (Å²) < 4.78 is 0. The van der Waals surface area contributed by atoms with E-state index in [-0.39, 0.29) is 10.8 Å². The third-order valence-electron chi connectivity index (χ3n) is 4.57. The summed E-state index contributed by atoms with van der Waals surface area (Å²) in [6, 6.07) is 0. The molecule has 0 bridgehead atoms. The molecule has 2 atom stereocenters. The van der Waals surface area contributed by atoms with Crippen LogP contribution < -0.4 is 5.73 Å². The van der Waals surface area contributed by atoms with Crippen molar-refractivity contribution in [1.82, 2.24) is 0 Å². The van der Waals surface area contributed by atoms with Crippen molar-refractivity contribution >= 4 is 5.78 Å². The van der Waals surface area contributed by atoms with Crippen LogP contribution in [0.25, 0.3) is 0 Å². The topological polar surface area (TPSA) is 44.7 Å². The van der Waals surface area contributed by atoms with Crippen LogP contribution in [0, 0.1) is 16.7 Å². The maximum Gasteiger partial charge on any atom is 0.193 e. The molecule has 3 N–H and O–H groups in total. The largest absolute Gasteiger partial charge is 0.351 e. The fourth-order valence-electron chi connectivity index (χ4n) is 2.51. The maximum absolute atomic E-state index is 11.8. The van der Waals surface area contributed by atoms with E-state index in [1.807, 2.05) is 0 Å². The predicted molar refractivity (Wildman–Crippen MR) is 53.0 cm³/mol. The molecule has 0 radical (unpaired) electrons. The van der Waals surface area contributed by atoms with Crippen molar-refractivity contribution < 1.29 is 10.5 Å². The standard InChI is InChI=1S/C11H21NO/c1-8-5-6-11(4,9(13)7-12)10(8,2)3/h8H,5-7,12H2,1-4H3/p+1/t8-,11+/m1/s1. The zero-order valence-electron chi connectivity index (χ0n) is 9.31. The molecule has 1 rings (SSSR count). The Kier molecular flexibility index (Phi) is 2.54. The van der Waals surface area contributed by atoms with Crippen LogP contribution in [0.2, 0.25) is 0 Å². The van der Waals surface area contributed by atoms with E-state index in [0.29, 0.717) is 18.2 Å². The van der Waals surface area contributed by atoms with E-state index >= 15 is 0 Å². The number of hydrogen-bond acceptors (Lipinski definition) is 1. The molecular formula is C11H22NO+. The van der Waals surface area contributed by atoms with E-state index in [1.54, 1.807) is 0 Å². The number of hydrogen-bond donors (Lipinski definition) is 1. The minimum atomic E-state index is -0.131. The smallest absolute Gasteiger partial charge is 0.193 e. The van der Waals surface area contributed by atoms with Gasteiger partial charge in [-0.1, -0.05) is 27.7 Å². The van der Waals surface area contributed by atoms with Crippen LogP contribution in [0.1, 0.15) is 40.5 Å². The first-order valence-electron chi connectivity index (χ1n) is 5.19. The third-order valence-corrected chi connectivity index (χ3v) is 4.57. The number of Topliss-reactive ketones (excluding diaryl/α,β-unsaturated/α-hetero) is 1. The molecule has 0 amide bonds. The van der Waals surface area contributed by atoms with Gasteiger partial charge in [0.15, 0.2) is 5.78 Å². The summed E-state index contributed by atoms with van der Waals surface area (Å²) in [4.78, 5) is 11.8. The molecule has 0 aliphatic heterocycles. The summed E-state index contributed by atoms with van der Waals surface area (Å²) in [5.74, 6) is 0.981. The average molecular weight is 184 g/mol. The second-order valence-electron chi connectivity index (χ2n) is 5.17. The molecule has 2 nitrogen and oxygen atoms in total. The van der Waals surface area contributed by atoms with Crippen LogP contribution in [0.3, 0.4) is 0 Å². The molecule has 0 heterocycles. The molecule has 1 saturated carbocycles. The summed E-state index contributed by atoms with van der Waals surface area (Å²) in [5.41, 5.74) is 3.73. The number of ketones is 1. The third kappa shape index (κ3) is 1.32. The molecule has 0 spiro atoms. The SMILES string of the molecule is C[C@@H]1CC[C@@](C)(C(=O)C[NH3+])C1(C)C. The molecule has 1 fully saturated rings. The van der Waals surface area contributed by atoms with Gasteiger partial charge < -0.3 is 5.73 Å². The highest BCUT2D eigenvalue weighted by Gasteiger charge is 2.53. The number of rotatable bonds is 2. The van der Waals surface area contributed by atoms with Gasteiger partial charge in [0.1, 0.15) is 6.54 Å². The Morgan fingerprint density at radius 1 is 1.46 bits per heavy atom. The Labute approximate surface area is 80.9 Å². The van der Waals surface area contributed by atoms with Gasteiger partial charge in [0, 0.05) is 5.41 Å². The van der Waals surface area contributed by atoms with Crippen LogP contribution >= 0.6 is 0 Å². The van der Waals surface area contributed by atoms with Crippen molar-refractivity contribution in [2.45, 2.75) is 40.5 Å². The van der Waals surface area contributed by atoms with Gasteiger partial charge in [0.05, 0.1) is 0 Å². The Bertz CT molecular complexity index is 222. The van der Waals surface area contributed by atoms with Crippen molar-refractivity contribution in [3.05, 3.63) is 0 Å². The fraction of sp³-hybridized carbons (Fsp3) is 0.909. The van der Waals surface area contributed by atoms with E-state index < -0.39 is 0 Å². The van der Waals surface area contributed by atoms with Gasteiger partial charge in [-0.2, -0.15) is 0 Å². The van der Waals surface area contributed by atoms with Crippen molar-refractivity contribution in [2.24, 2.45) is 16.7 Å². The van der Waals surface area contributed by atoms with Crippen molar-refractivity contribution in [2.75, 3.05) is 6.54 Å². The molecule has 0 saturated heterocycles. The van der Waals surface area contributed by atoms with Gasteiger partial charge in [-0.25, -0.2) is 0 Å². The molecule has 0 unspecified atom stereocenters. The highest BCUT2D eigenvalue weighted by molar-refractivity contribution is 5.86. The Hall–Kier alpha value is -0.370. The van der Waals surface area contributed by atoms with Gasteiger partial charge >= 0.3 is 0 Å². The molecule has 0 aromatic rings. The highest BCUT2D eigenvalue weighted by atomic mass is 16.1. The summed E-state index contributed by atoms with van der Waals surface area (Å²) in [6.07, 6.45) is 2.21. The number of quaternary nitrogens is 1. The Balaban J connectivity index is 2.98. The Morgan fingerprint density at radius 2 is 2.00 bits per heavy atom. The second-order valence-corrected chi connectivity index (χ2v) is 5.17. The lowest BCUT2D eigenvalue weighted by atomic mass is 9.64. The molecule has 0 aromatic carbocycles. The van der Waals surface area contributed by atoms with Gasteiger partial charge in [0.25, 0.3) is 0 Å². The average Bonchev–Trinajstić information content (AvgIpc) is 2.29. The van der Waals surface area contributed by atoms with Crippen LogP contribution in [-0.2, 0) is 4.79 Å². The predicted octanol–water partition coefficient (Wildman–Crippen LogP) is 1.26. The number of carbonyl (C=O) groups excluding carboxylic acids is 1. The van der Waals surface area contributed by atoms with E-state index in [9.17, 15) is 4.79 Å². The van der Waals surface area contributed by atoms with E-state index in [2.05, 4.69) is 33.4 Å². The van der Waals surface area contributed by atoms with Crippen LogP contribution in [-0.4, -0.2) is 12.3 Å². The summed E-state index contributed by atoms with van der Waals surface area (Å²) in [6.45, 7) is 9.24. The molecule has 0 aromatic heterocycles. The molecule has 2 heteroatoms. The quantitative estimate of drug-likeness (QED) is 0.690. The Morgan fingerprint density at radius 3 is 2.31 bits per heavy atom. The molecular weight excluding hydrogens is 162 g/mol. The normalized spacial score (nSPS) is 37.8. The summed E-state index contributed by atoms with van der Waals surface area (Å²) in [7, 11) is 0. The van der Waals surface area contributed by atoms with Crippen LogP contribution in [0.5, 0.6) is 0 Å². The first-order chi connectivity index (χ1) is 5.86. The van der Waals surface area contributed by atoms with E-state index in [1.165, 1.54) is 6.42 Å². The molecule has 76 valence electrons. The minimum absolute atomic E-state index is 0.131.